The van der Waals surface area contributed by atoms with E-state index in [0.29, 0.717) is 6.67 Å². The van der Waals surface area contributed by atoms with Gasteiger partial charge in [0, 0.05) is 69.3 Å². The van der Waals surface area contributed by atoms with Gasteiger partial charge >= 0.3 is 0 Å². The number of aromatic nitrogens is 1. The third-order valence-corrected chi connectivity index (χ3v) is 10.4. The van der Waals surface area contributed by atoms with Crippen molar-refractivity contribution in [2.45, 2.75) is 19.4 Å². The summed E-state index contributed by atoms with van der Waals surface area (Å²) in [5.41, 5.74) is 9.43. The molecule has 0 spiro atoms. The normalized spacial score (nSPS) is 15.6. The van der Waals surface area contributed by atoms with Gasteiger partial charge in [0.1, 0.15) is 11.5 Å². The molecule has 0 aliphatic carbocycles. The molecule has 0 bridgehead atoms. The molecule has 0 saturated carbocycles. The summed E-state index contributed by atoms with van der Waals surface area (Å²) in [5, 5.41) is 2.54. The predicted molar refractivity (Wildman–Crippen MR) is 207 cm³/mol. The Bertz CT molecular complexity index is 2340. The van der Waals surface area contributed by atoms with E-state index in [4.69, 9.17) is 4.74 Å². The molecule has 0 radical (unpaired) electrons. The number of para-hydroxylation sites is 3. The molecule has 2 aliphatic rings. The Morgan fingerprint density at radius 1 is 0.520 bits per heavy atom. The number of benzene rings is 6. The molecule has 1 aromatic heterocycles. The Morgan fingerprint density at radius 2 is 1.08 bits per heavy atom. The van der Waals surface area contributed by atoms with Gasteiger partial charge in [0.2, 0.25) is 0 Å². The van der Waals surface area contributed by atoms with Crippen molar-refractivity contribution < 1.29 is 4.74 Å². The highest BCUT2D eigenvalue weighted by atomic mass is 16.5. The average Bonchev–Trinajstić information content (AvgIpc) is 3.78. The number of rotatable bonds is 6. The summed E-state index contributed by atoms with van der Waals surface area (Å²) >= 11 is 0. The van der Waals surface area contributed by atoms with Gasteiger partial charge in [-0.1, -0.05) is 66.7 Å². The van der Waals surface area contributed by atoms with Crippen LogP contribution < -0.4 is 19.4 Å². The standard InChI is InChI=1S/C44H39N5O/c1-44(2)40-18-6-9-21-43(40)48(30-45(44)3)35-13-11-15-37(29-35)50-36-14-10-12-34(28-36)47-27-26-46(31-47)32-22-24-33(25-23-32)49-41-19-7-4-16-38(41)39-17-5-8-20-42(39)49/h4-29H,30-31H2,1-3H3. The van der Waals surface area contributed by atoms with Gasteiger partial charge in [-0.15, -0.1) is 0 Å². The van der Waals surface area contributed by atoms with Gasteiger partial charge in [-0.25, -0.2) is 0 Å². The predicted octanol–water partition coefficient (Wildman–Crippen LogP) is 10.6. The van der Waals surface area contributed by atoms with Gasteiger partial charge < -0.3 is 24.0 Å². The molecule has 9 rings (SSSR count). The van der Waals surface area contributed by atoms with Crippen LogP contribution in [0.25, 0.3) is 27.5 Å². The van der Waals surface area contributed by atoms with Crippen LogP contribution in [0.3, 0.4) is 0 Å². The minimum absolute atomic E-state index is 0.0435. The number of anilines is 4. The first kappa shape index (κ1) is 30.1. The highest BCUT2D eigenvalue weighted by Gasteiger charge is 2.35. The van der Waals surface area contributed by atoms with Crippen LogP contribution in [0.5, 0.6) is 11.5 Å². The van der Waals surface area contributed by atoms with Gasteiger partial charge in [-0.3, -0.25) is 4.90 Å². The van der Waals surface area contributed by atoms with Crippen LogP contribution in [0.15, 0.2) is 158 Å². The lowest BCUT2D eigenvalue weighted by Crippen LogP contribution is -2.49. The Labute approximate surface area is 293 Å². The van der Waals surface area contributed by atoms with E-state index in [1.165, 1.54) is 33.1 Å². The van der Waals surface area contributed by atoms with Crippen molar-refractivity contribution in [3.05, 3.63) is 164 Å². The largest absolute Gasteiger partial charge is 0.457 e. The second-order valence-corrected chi connectivity index (χ2v) is 13.7. The van der Waals surface area contributed by atoms with Crippen molar-refractivity contribution in [2.75, 3.05) is 35.1 Å². The van der Waals surface area contributed by atoms with Crippen molar-refractivity contribution in [1.82, 2.24) is 9.47 Å². The van der Waals surface area contributed by atoms with Crippen molar-refractivity contribution in [1.29, 1.82) is 0 Å². The van der Waals surface area contributed by atoms with Gasteiger partial charge in [0.05, 0.1) is 24.4 Å². The Morgan fingerprint density at radius 3 is 1.78 bits per heavy atom. The second-order valence-electron chi connectivity index (χ2n) is 13.7. The number of nitrogens with zero attached hydrogens (tertiary/aromatic N) is 5. The number of fused-ring (bicyclic) bond motifs is 4. The quantitative estimate of drug-likeness (QED) is 0.178. The minimum Gasteiger partial charge on any atom is -0.457 e. The van der Waals surface area contributed by atoms with Crippen molar-refractivity contribution in [3.63, 3.8) is 0 Å². The van der Waals surface area contributed by atoms with Crippen LogP contribution >= 0.6 is 0 Å². The summed E-state index contributed by atoms with van der Waals surface area (Å²) in [5.74, 6) is 1.62. The fourth-order valence-corrected chi connectivity index (χ4v) is 7.44. The molecule has 2 aliphatic heterocycles. The number of hydrogen-bond acceptors (Lipinski definition) is 5. The Kier molecular flexibility index (Phi) is 7.14. The lowest BCUT2D eigenvalue weighted by molar-refractivity contribution is 0.150. The van der Waals surface area contributed by atoms with Crippen LogP contribution in [-0.4, -0.2) is 29.9 Å². The molecule has 6 aromatic carbocycles. The highest BCUT2D eigenvalue weighted by Crippen LogP contribution is 2.43. The molecule has 0 N–H and O–H groups in total. The van der Waals surface area contributed by atoms with E-state index in [1.54, 1.807) is 0 Å². The average molecular weight is 654 g/mol. The molecule has 246 valence electrons. The molecule has 3 heterocycles. The van der Waals surface area contributed by atoms with Crippen LogP contribution in [-0.2, 0) is 5.54 Å². The maximum absolute atomic E-state index is 6.48. The van der Waals surface area contributed by atoms with Crippen molar-refractivity contribution in [2.24, 2.45) is 0 Å². The van der Waals surface area contributed by atoms with Crippen LogP contribution in [0.1, 0.15) is 19.4 Å². The molecule has 0 unspecified atom stereocenters. The summed E-state index contributed by atoms with van der Waals surface area (Å²) < 4.78 is 8.83. The molecule has 50 heavy (non-hydrogen) atoms. The van der Waals surface area contributed by atoms with Crippen LogP contribution in [0.2, 0.25) is 0 Å². The summed E-state index contributed by atoms with van der Waals surface area (Å²) in [6, 6.07) is 51.5. The van der Waals surface area contributed by atoms with E-state index in [1.807, 2.05) is 12.1 Å². The van der Waals surface area contributed by atoms with E-state index in [0.717, 1.165) is 40.9 Å². The fraction of sp³-hybridized carbons (Fsp3) is 0.136. The second kappa shape index (κ2) is 11.9. The monoisotopic (exact) mass is 653 g/mol. The molecule has 6 heteroatoms. The zero-order valence-electron chi connectivity index (χ0n) is 28.6. The summed E-state index contributed by atoms with van der Waals surface area (Å²) in [7, 11) is 2.19. The van der Waals surface area contributed by atoms with Crippen molar-refractivity contribution >= 4 is 44.6 Å². The maximum atomic E-state index is 6.48. The van der Waals surface area contributed by atoms with E-state index < -0.39 is 0 Å². The van der Waals surface area contributed by atoms with E-state index in [2.05, 4.69) is 191 Å². The lowest BCUT2D eigenvalue weighted by Gasteiger charge is -2.47. The number of hydrogen-bond donors (Lipinski definition) is 0. The Hall–Kier alpha value is -5.98. The van der Waals surface area contributed by atoms with Gasteiger partial charge in [0.25, 0.3) is 0 Å². The zero-order chi connectivity index (χ0) is 33.8. The highest BCUT2D eigenvalue weighted by molar-refractivity contribution is 6.09. The third-order valence-electron chi connectivity index (χ3n) is 10.4. The van der Waals surface area contributed by atoms with Gasteiger partial charge in [-0.05, 0) is 93.2 Å². The molecular weight excluding hydrogens is 615 g/mol. The van der Waals surface area contributed by atoms with Gasteiger partial charge in [-0.2, -0.15) is 0 Å². The Balaban J connectivity index is 0.917. The zero-order valence-corrected chi connectivity index (χ0v) is 28.6. The SMILES string of the molecule is CN1CN(c2cccc(Oc3cccc(N4C=CN(c5ccc(-n6c7ccccc7c7ccccc76)cc5)C4)c3)c2)c2ccccc2C1(C)C. The molecule has 0 amide bonds. The summed E-state index contributed by atoms with van der Waals surface area (Å²) in [4.78, 5) is 9.26. The molecule has 6 nitrogen and oxygen atoms in total. The van der Waals surface area contributed by atoms with E-state index >= 15 is 0 Å². The van der Waals surface area contributed by atoms with E-state index in [9.17, 15) is 0 Å². The third kappa shape index (κ3) is 5.08. The molecule has 7 aromatic rings. The topological polar surface area (TPSA) is 27.1 Å². The van der Waals surface area contributed by atoms with Crippen LogP contribution in [0.4, 0.5) is 22.7 Å². The van der Waals surface area contributed by atoms with Gasteiger partial charge in [0.15, 0.2) is 0 Å². The first-order valence-electron chi connectivity index (χ1n) is 17.2. The lowest BCUT2D eigenvalue weighted by atomic mass is 9.88. The maximum Gasteiger partial charge on any atom is 0.129 e. The molecule has 0 fully saturated rings. The first-order valence-corrected chi connectivity index (χ1v) is 17.2. The summed E-state index contributed by atoms with van der Waals surface area (Å²) in [6.45, 7) is 6.08. The number of ether oxygens (including phenoxy) is 1. The smallest absolute Gasteiger partial charge is 0.129 e. The molecule has 0 atom stereocenters. The first-order chi connectivity index (χ1) is 24.4. The summed E-state index contributed by atoms with van der Waals surface area (Å²) in [6.07, 6.45) is 4.27. The van der Waals surface area contributed by atoms with E-state index in [-0.39, 0.29) is 5.54 Å². The minimum atomic E-state index is -0.0435. The van der Waals surface area contributed by atoms with Crippen LogP contribution in [0, 0.1) is 0 Å². The molecular formula is C44H39N5O. The fourth-order valence-electron chi connectivity index (χ4n) is 7.44. The molecule has 0 saturated heterocycles. The van der Waals surface area contributed by atoms with Crippen molar-refractivity contribution in [3.8, 4) is 17.2 Å².